The Morgan fingerprint density at radius 3 is 1.84 bits per heavy atom. The van der Waals surface area contributed by atoms with Crippen LogP contribution < -0.4 is 0 Å². The first-order valence-electron chi connectivity index (χ1n) is 5.79. The molecule has 1 heterocycles. The first-order chi connectivity index (χ1) is 9.22. The minimum Gasteiger partial charge on any atom is -0.338 e. The highest BCUT2D eigenvalue weighted by molar-refractivity contribution is 6.30. The molecule has 0 aliphatic heterocycles. The third-order valence-electron chi connectivity index (χ3n) is 2.85. The van der Waals surface area contributed by atoms with E-state index in [1.165, 1.54) is 0 Å². The van der Waals surface area contributed by atoms with Gasteiger partial charge in [0.05, 0.1) is 11.9 Å². The molecule has 0 radical (unpaired) electrons. The molecule has 0 unspecified atom stereocenters. The second kappa shape index (κ2) is 5.08. The molecule has 2 aromatic carbocycles. The zero-order valence-corrected chi connectivity index (χ0v) is 11.4. The van der Waals surface area contributed by atoms with E-state index in [1.807, 2.05) is 54.7 Å². The van der Waals surface area contributed by atoms with E-state index in [1.54, 1.807) is 0 Å². The van der Waals surface area contributed by atoms with Crippen LogP contribution >= 0.6 is 23.2 Å². The lowest BCUT2D eigenvalue weighted by molar-refractivity contribution is 1.31. The van der Waals surface area contributed by atoms with Crippen molar-refractivity contribution in [1.82, 2.24) is 9.97 Å². The van der Waals surface area contributed by atoms with Crippen molar-refractivity contribution in [3.8, 4) is 22.6 Å². The highest BCUT2D eigenvalue weighted by atomic mass is 35.5. The number of aromatic nitrogens is 2. The third kappa shape index (κ3) is 2.65. The fourth-order valence-electron chi connectivity index (χ4n) is 1.85. The minimum atomic E-state index is 0.716. The summed E-state index contributed by atoms with van der Waals surface area (Å²) in [7, 11) is 0. The molecule has 0 saturated carbocycles. The summed E-state index contributed by atoms with van der Waals surface area (Å²) in [6.45, 7) is 0. The van der Waals surface area contributed by atoms with Crippen molar-refractivity contribution in [3.05, 3.63) is 64.8 Å². The molecule has 19 heavy (non-hydrogen) atoms. The van der Waals surface area contributed by atoms with E-state index in [2.05, 4.69) is 9.97 Å². The van der Waals surface area contributed by atoms with Crippen LogP contribution in [0.4, 0.5) is 0 Å². The van der Waals surface area contributed by atoms with Crippen molar-refractivity contribution >= 4 is 23.2 Å². The minimum absolute atomic E-state index is 0.716. The molecule has 4 heteroatoms. The third-order valence-corrected chi connectivity index (χ3v) is 3.35. The lowest BCUT2D eigenvalue weighted by Crippen LogP contribution is -1.80. The van der Waals surface area contributed by atoms with Crippen molar-refractivity contribution in [1.29, 1.82) is 0 Å². The van der Waals surface area contributed by atoms with Gasteiger partial charge in [0.2, 0.25) is 0 Å². The number of halogens is 2. The van der Waals surface area contributed by atoms with Gasteiger partial charge < -0.3 is 4.98 Å². The topological polar surface area (TPSA) is 28.7 Å². The Kier molecular flexibility index (Phi) is 3.28. The predicted octanol–water partition coefficient (Wildman–Crippen LogP) is 5.05. The molecule has 0 amide bonds. The zero-order chi connectivity index (χ0) is 13.2. The largest absolute Gasteiger partial charge is 0.338 e. The van der Waals surface area contributed by atoms with Crippen LogP contribution in [0.15, 0.2) is 54.7 Å². The van der Waals surface area contributed by atoms with Gasteiger partial charge in [-0.3, -0.25) is 0 Å². The lowest BCUT2D eigenvalue weighted by atomic mass is 10.2. The first kappa shape index (κ1) is 12.3. The van der Waals surface area contributed by atoms with E-state index in [0.717, 1.165) is 27.7 Å². The molecule has 1 aromatic heterocycles. The van der Waals surface area contributed by atoms with Crippen LogP contribution in [0, 0.1) is 0 Å². The van der Waals surface area contributed by atoms with E-state index in [-0.39, 0.29) is 0 Å². The van der Waals surface area contributed by atoms with Gasteiger partial charge >= 0.3 is 0 Å². The Labute approximate surface area is 121 Å². The molecule has 0 aliphatic carbocycles. The Bertz CT molecular complexity index is 625. The summed E-state index contributed by atoms with van der Waals surface area (Å²) in [6, 6.07) is 15.2. The smallest absolute Gasteiger partial charge is 0.137 e. The van der Waals surface area contributed by atoms with Crippen molar-refractivity contribution in [2.75, 3.05) is 0 Å². The number of nitrogens with one attached hydrogen (secondary N) is 1. The number of nitrogens with zero attached hydrogens (tertiary/aromatic N) is 1. The van der Waals surface area contributed by atoms with E-state index >= 15 is 0 Å². The standard InChI is InChI=1S/C15H10Cl2N2/c16-12-5-1-10(2-6-12)14-9-18-15(19-14)11-3-7-13(17)8-4-11/h1-9H,(H,18,19). The van der Waals surface area contributed by atoms with Gasteiger partial charge in [-0.15, -0.1) is 0 Å². The van der Waals surface area contributed by atoms with E-state index in [0.29, 0.717) is 5.02 Å². The monoisotopic (exact) mass is 288 g/mol. The molecule has 0 atom stereocenters. The number of rotatable bonds is 2. The number of imidazole rings is 1. The quantitative estimate of drug-likeness (QED) is 0.702. The SMILES string of the molecule is Clc1ccc(-c2cnc(-c3ccc(Cl)cc3)[nH]2)cc1. The molecule has 3 aromatic rings. The van der Waals surface area contributed by atoms with Gasteiger partial charge in [0.25, 0.3) is 0 Å². The normalized spacial score (nSPS) is 10.6. The molecule has 0 fully saturated rings. The van der Waals surface area contributed by atoms with Crippen molar-refractivity contribution in [2.24, 2.45) is 0 Å². The van der Waals surface area contributed by atoms with Crippen LogP contribution in [-0.4, -0.2) is 9.97 Å². The molecule has 2 nitrogen and oxygen atoms in total. The van der Waals surface area contributed by atoms with Gasteiger partial charge in [0.1, 0.15) is 5.82 Å². The predicted molar refractivity (Wildman–Crippen MR) is 79.5 cm³/mol. The fourth-order valence-corrected chi connectivity index (χ4v) is 2.10. The van der Waals surface area contributed by atoms with Gasteiger partial charge in [-0.2, -0.15) is 0 Å². The maximum Gasteiger partial charge on any atom is 0.137 e. The van der Waals surface area contributed by atoms with Gasteiger partial charge in [-0.25, -0.2) is 4.98 Å². The number of aromatic amines is 1. The van der Waals surface area contributed by atoms with Crippen LogP contribution in [0.5, 0.6) is 0 Å². The van der Waals surface area contributed by atoms with Crippen LogP contribution in [-0.2, 0) is 0 Å². The van der Waals surface area contributed by atoms with Crippen molar-refractivity contribution in [3.63, 3.8) is 0 Å². The van der Waals surface area contributed by atoms with Gasteiger partial charge in [-0.1, -0.05) is 35.3 Å². The number of hydrogen-bond acceptors (Lipinski definition) is 1. The van der Waals surface area contributed by atoms with E-state index < -0.39 is 0 Å². The number of benzene rings is 2. The maximum atomic E-state index is 5.88. The summed E-state index contributed by atoms with van der Waals surface area (Å²) >= 11 is 11.7. The molecular weight excluding hydrogens is 279 g/mol. The highest BCUT2D eigenvalue weighted by Gasteiger charge is 2.05. The molecule has 94 valence electrons. The van der Waals surface area contributed by atoms with Crippen LogP contribution in [0.1, 0.15) is 0 Å². The fraction of sp³-hybridized carbons (Fsp3) is 0. The number of hydrogen-bond donors (Lipinski definition) is 1. The average Bonchev–Trinajstić information content (AvgIpc) is 2.90. The maximum absolute atomic E-state index is 5.88. The van der Waals surface area contributed by atoms with Gasteiger partial charge in [-0.05, 0) is 42.0 Å². The molecule has 0 saturated heterocycles. The molecule has 3 rings (SSSR count). The summed E-state index contributed by atoms with van der Waals surface area (Å²) in [5.41, 5.74) is 3.02. The van der Waals surface area contributed by atoms with Crippen molar-refractivity contribution < 1.29 is 0 Å². The van der Waals surface area contributed by atoms with Crippen LogP contribution in [0.25, 0.3) is 22.6 Å². The molecule has 1 N–H and O–H groups in total. The summed E-state index contributed by atoms with van der Waals surface area (Å²) in [5, 5.41) is 1.44. The Morgan fingerprint density at radius 1 is 0.737 bits per heavy atom. The summed E-state index contributed by atoms with van der Waals surface area (Å²) in [6.07, 6.45) is 1.81. The Morgan fingerprint density at radius 2 is 1.26 bits per heavy atom. The van der Waals surface area contributed by atoms with Crippen LogP contribution in [0.2, 0.25) is 10.0 Å². The molecule has 0 bridgehead atoms. The summed E-state index contributed by atoms with van der Waals surface area (Å²) in [4.78, 5) is 7.67. The van der Waals surface area contributed by atoms with E-state index in [4.69, 9.17) is 23.2 Å². The Hall–Kier alpha value is -1.77. The summed E-state index contributed by atoms with van der Waals surface area (Å²) < 4.78 is 0. The zero-order valence-electron chi connectivity index (χ0n) is 9.90. The first-order valence-corrected chi connectivity index (χ1v) is 6.55. The molecular formula is C15H10Cl2N2. The summed E-state index contributed by atoms with van der Waals surface area (Å²) in [5.74, 6) is 0.821. The Balaban J connectivity index is 1.95. The number of H-pyrrole nitrogens is 1. The van der Waals surface area contributed by atoms with Gasteiger partial charge in [0.15, 0.2) is 0 Å². The molecule has 0 aliphatic rings. The second-order valence-electron chi connectivity index (χ2n) is 4.16. The highest BCUT2D eigenvalue weighted by Crippen LogP contribution is 2.24. The van der Waals surface area contributed by atoms with E-state index in [9.17, 15) is 0 Å². The second-order valence-corrected chi connectivity index (χ2v) is 5.03. The molecule has 0 spiro atoms. The van der Waals surface area contributed by atoms with Crippen LogP contribution in [0.3, 0.4) is 0 Å². The lowest BCUT2D eigenvalue weighted by Gasteiger charge is -1.98. The van der Waals surface area contributed by atoms with Crippen molar-refractivity contribution in [2.45, 2.75) is 0 Å². The average molecular weight is 289 g/mol. The van der Waals surface area contributed by atoms with Gasteiger partial charge in [0, 0.05) is 15.6 Å².